The molecule has 1 heterocycles. The summed E-state index contributed by atoms with van der Waals surface area (Å²) in [5.41, 5.74) is 0.894. The van der Waals surface area contributed by atoms with E-state index >= 15 is 0 Å². The van der Waals surface area contributed by atoms with Gasteiger partial charge in [0.25, 0.3) is 5.91 Å². The minimum atomic E-state index is -0.366. The van der Waals surface area contributed by atoms with E-state index in [9.17, 15) is 14.0 Å². The summed E-state index contributed by atoms with van der Waals surface area (Å²) in [5, 5.41) is 7.31. The molecule has 2 N–H and O–H groups in total. The van der Waals surface area contributed by atoms with E-state index in [0.29, 0.717) is 17.1 Å². The van der Waals surface area contributed by atoms with Crippen molar-refractivity contribution in [1.29, 1.82) is 0 Å². The first kappa shape index (κ1) is 17.1. The minimum absolute atomic E-state index is 0.124. The van der Waals surface area contributed by atoms with Crippen LogP contribution in [-0.4, -0.2) is 16.8 Å². The summed E-state index contributed by atoms with van der Waals surface area (Å²) < 4.78 is 13.1. The molecule has 0 atom stereocenters. The van der Waals surface area contributed by atoms with Gasteiger partial charge >= 0.3 is 0 Å². The van der Waals surface area contributed by atoms with Crippen molar-refractivity contribution in [3.8, 4) is 0 Å². The molecule has 2 amide bonds. The maximum atomic E-state index is 13.1. The number of halogens is 1. The predicted octanol–water partition coefficient (Wildman–Crippen LogP) is 3.20. The van der Waals surface area contributed by atoms with Gasteiger partial charge in [0.15, 0.2) is 5.13 Å². The summed E-state index contributed by atoms with van der Waals surface area (Å²) in [6.07, 6.45) is 0.403. The molecule has 0 spiro atoms. The molecule has 0 aliphatic carbocycles. The van der Waals surface area contributed by atoms with E-state index in [4.69, 9.17) is 0 Å². The van der Waals surface area contributed by atoms with Crippen molar-refractivity contribution >= 4 is 28.3 Å². The van der Waals surface area contributed by atoms with Crippen LogP contribution >= 0.6 is 11.3 Å². The Morgan fingerprint density at radius 2 is 2.13 bits per heavy atom. The quantitative estimate of drug-likeness (QED) is 0.851. The number of amides is 2. The van der Waals surface area contributed by atoms with E-state index < -0.39 is 0 Å². The molecule has 1 aromatic heterocycles. The highest BCUT2D eigenvalue weighted by molar-refractivity contribution is 7.14. The third-order valence-corrected chi connectivity index (χ3v) is 3.68. The average molecular weight is 335 g/mol. The number of hydrogen-bond donors (Lipinski definition) is 2. The zero-order chi connectivity index (χ0) is 16.8. The Kier molecular flexibility index (Phi) is 5.81. The molecule has 0 unspecified atom stereocenters. The van der Waals surface area contributed by atoms with Gasteiger partial charge in [0, 0.05) is 18.3 Å². The van der Waals surface area contributed by atoms with E-state index in [1.807, 2.05) is 13.8 Å². The van der Waals surface area contributed by atoms with Gasteiger partial charge in [0.1, 0.15) is 11.5 Å². The van der Waals surface area contributed by atoms with Crippen molar-refractivity contribution in [1.82, 2.24) is 10.3 Å². The summed E-state index contributed by atoms with van der Waals surface area (Å²) in [4.78, 5) is 27.8. The fourth-order valence-corrected chi connectivity index (χ4v) is 2.60. The first-order valence-corrected chi connectivity index (χ1v) is 8.10. The molecule has 5 nitrogen and oxygen atoms in total. The van der Waals surface area contributed by atoms with Crippen molar-refractivity contribution in [2.45, 2.75) is 26.8 Å². The van der Waals surface area contributed by atoms with Crippen LogP contribution in [0, 0.1) is 11.7 Å². The molecule has 0 fully saturated rings. The molecule has 0 saturated carbocycles. The maximum absolute atomic E-state index is 13.1. The van der Waals surface area contributed by atoms with Gasteiger partial charge in [-0.3, -0.25) is 9.59 Å². The van der Waals surface area contributed by atoms with Gasteiger partial charge < -0.3 is 10.6 Å². The van der Waals surface area contributed by atoms with Gasteiger partial charge in [0.05, 0.1) is 0 Å². The first-order chi connectivity index (χ1) is 10.9. The molecular formula is C16H18FN3O2S. The summed E-state index contributed by atoms with van der Waals surface area (Å²) in [6, 6.07) is 6.01. The molecule has 7 heteroatoms. The average Bonchev–Trinajstić information content (AvgIpc) is 2.92. The summed E-state index contributed by atoms with van der Waals surface area (Å²) in [6.45, 7) is 4.11. The van der Waals surface area contributed by atoms with Gasteiger partial charge in [-0.05, 0) is 23.6 Å². The van der Waals surface area contributed by atoms with E-state index in [1.54, 1.807) is 17.5 Å². The molecule has 0 radical (unpaired) electrons. The fourth-order valence-electron chi connectivity index (χ4n) is 1.90. The van der Waals surface area contributed by atoms with Crippen LogP contribution < -0.4 is 10.6 Å². The molecule has 0 aliphatic heterocycles. The molecule has 0 bridgehead atoms. The highest BCUT2D eigenvalue weighted by Gasteiger charge is 2.13. The van der Waals surface area contributed by atoms with Crippen LogP contribution in [0.5, 0.6) is 0 Å². The van der Waals surface area contributed by atoms with Gasteiger partial charge in [-0.25, -0.2) is 9.37 Å². The zero-order valence-corrected chi connectivity index (χ0v) is 13.7. The van der Waals surface area contributed by atoms with E-state index in [2.05, 4.69) is 15.6 Å². The standard InChI is InChI=1S/C16H18FN3O2S/c1-10(2)6-14(21)20-16-19-13(9-23-16)15(22)18-8-11-4-3-5-12(17)7-11/h3-5,7,9-10H,6,8H2,1-2H3,(H,18,22)(H,19,20,21). The summed E-state index contributed by atoms with van der Waals surface area (Å²) in [7, 11) is 0. The van der Waals surface area contributed by atoms with Crippen LogP contribution in [-0.2, 0) is 11.3 Å². The number of nitrogens with zero attached hydrogens (tertiary/aromatic N) is 1. The second kappa shape index (κ2) is 7.82. The third-order valence-electron chi connectivity index (χ3n) is 2.92. The van der Waals surface area contributed by atoms with E-state index in [-0.39, 0.29) is 35.8 Å². The van der Waals surface area contributed by atoms with Crippen LogP contribution in [0.15, 0.2) is 29.6 Å². The van der Waals surface area contributed by atoms with Crippen LogP contribution in [0.2, 0.25) is 0 Å². The predicted molar refractivity (Wildman–Crippen MR) is 87.8 cm³/mol. The number of rotatable bonds is 6. The second-order valence-electron chi connectivity index (χ2n) is 5.50. The lowest BCUT2D eigenvalue weighted by Crippen LogP contribution is -2.23. The lowest BCUT2D eigenvalue weighted by Gasteiger charge is -2.04. The Morgan fingerprint density at radius 1 is 1.35 bits per heavy atom. The highest BCUT2D eigenvalue weighted by Crippen LogP contribution is 2.16. The Balaban J connectivity index is 1.89. The lowest BCUT2D eigenvalue weighted by atomic mass is 10.1. The minimum Gasteiger partial charge on any atom is -0.347 e. The molecule has 1 aromatic carbocycles. The summed E-state index contributed by atoms with van der Waals surface area (Å²) in [5.74, 6) is -0.583. The van der Waals surface area contributed by atoms with Crippen molar-refractivity contribution < 1.29 is 14.0 Å². The number of aromatic nitrogens is 1. The second-order valence-corrected chi connectivity index (χ2v) is 6.35. The number of benzene rings is 1. The van der Waals surface area contributed by atoms with Gasteiger partial charge in [0.2, 0.25) is 5.91 Å². The number of carbonyl (C=O) groups excluding carboxylic acids is 2. The number of hydrogen-bond acceptors (Lipinski definition) is 4. The Bertz CT molecular complexity index is 700. The molecule has 2 rings (SSSR count). The van der Waals surface area contributed by atoms with E-state index in [1.165, 1.54) is 23.5 Å². The van der Waals surface area contributed by atoms with Crippen LogP contribution in [0.3, 0.4) is 0 Å². The number of nitrogens with one attached hydrogen (secondary N) is 2. The highest BCUT2D eigenvalue weighted by atomic mass is 32.1. The Labute approximate surface area is 137 Å². The van der Waals surface area contributed by atoms with Crippen molar-refractivity contribution in [3.05, 3.63) is 46.7 Å². The molecule has 23 heavy (non-hydrogen) atoms. The van der Waals surface area contributed by atoms with Crippen LogP contribution in [0.25, 0.3) is 0 Å². The van der Waals surface area contributed by atoms with E-state index in [0.717, 1.165) is 0 Å². The maximum Gasteiger partial charge on any atom is 0.271 e. The number of anilines is 1. The SMILES string of the molecule is CC(C)CC(=O)Nc1nc(C(=O)NCc2cccc(F)c2)cs1. The van der Waals surface area contributed by atoms with Crippen LogP contribution in [0.1, 0.15) is 36.3 Å². The molecule has 2 aromatic rings. The third kappa shape index (κ3) is 5.45. The van der Waals surface area contributed by atoms with Crippen molar-refractivity contribution in [2.75, 3.05) is 5.32 Å². The Hall–Kier alpha value is -2.28. The summed E-state index contributed by atoms with van der Waals surface area (Å²) >= 11 is 1.19. The normalized spacial score (nSPS) is 10.6. The molecular weight excluding hydrogens is 317 g/mol. The first-order valence-electron chi connectivity index (χ1n) is 7.22. The van der Waals surface area contributed by atoms with Crippen molar-refractivity contribution in [2.24, 2.45) is 5.92 Å². The van der Waals surface area contributed by atoms with Gasteiger partial charge in [-0.2, -0.15) is 0 Å². The largest absolute Gasteiger partial charge is 0.347 e. The van der Waals surface area contributed by atoms with Crippen molar-refractivity contribution in [3.63, 3.8) is 0 Å². The topological polar surface area (TPSA) is 71.1 Å². The molecule has 122 valence electrons. The molecule has 0 aliphatic rings. The molecule has 0 saturated heterocycles. The fraction of sp³-hybridized carbons (Fsp3) is 0.312. The van der Waals surface area contributed by atoms with Gasteiger partial charge in [-0.15, -0.1) is 11.3 Å². The lowest BCUT2D eigenvalue weighted by molar-refractivity contribution is -0.116. The smallest absolute Gasteiger partial charge is 0.271 e. The zero-order valence-electron chi connectivity index (χ0n) is 12.9. The monoisotopic (exact) mass is 335 g/mol. The van der Waals surface area contributed by atoms with Crippen LogP contribution in [0.4, 0.5) is 9.52 Å². The number of thiazole rings is 1. The van der Waals surface area contributed by atoms with Gasteiger partial charge in [-0.1, -0.05) is 26.0 Å². The number of carbonyl (C=O) groups is 2. The Morgan fingerprint density at radius 3 is 2.83 bits per heavy atom.